The highest BCUT2D eigenvalue weighted by atomic mass is 16.2. The second kappa shape index (κ2) is 6.55. The van der Waals surface area contributed by atoms with Gasteiger partial charge in [0, 0.05) is 18.7 Å². The Morgan fingerprint density at radius 3 is 2.55 bits per heavy atom. The number of hydrogen-bond donors (Lipinski definition) is 1. The summed E-state index contributed by atoms with van der Waals surface area (Å²) in [6.45, 7) is 2.82. The molecule has 0 radical (unpaired) electrons. The van der Waals surface area contributed by atoms with Gasteiger partial charge in [-0.1, -0.05) is 25.5 Å². The van der Waals surface area contributed by atoms with Crippen molar-refractivity contribution in [1.82, 2.24) is 0 Å². The fraction of sp³-hybridized carbons (Fsp3) is 0.500. The third-order valence-electron chi connectivity index (χ3n) is 3.85. The molecule has 1 atom stereocenters. The van der Waals surface area contributed by atoms with Gasteiger partial charge in [0.2, 0.25) is 11.8 Å². The number of rotatable bonds is 5. The molecule has 1 aliphatic heterocycles. The van der Waals surface area contributed by atoms with Gasteiger partial charge in [-0.25, -0.2) is 0 Å². The third-order valence-corrected chi connectivity index (χ3v) is 3.85. The average molecular weight is 274 g/mol. The number of nitrogens with zero attached hydrogens (tertiary/aromatic N) is 1. The first-order valence-electron chi connectivity index (χ1n) is 7.33. The Morgan fingerprint density at radius 1 is 1.30 bits per heavy atom. The summed E-state index contributed by atoms with van der Waals surface area (Å²) >= 11 is 0. The third kappa shape index (κ3) is 3.18. The first-order valence-corrected chi connectivity index (χ1v) is 7.33. The average Bonchev–Trinajstić information content (AvgIpc) is 2.45. The minimum atomic E-state index is -0.284. The zero-order chi connectivity index (χ0) is 14.5. The number of nitrogens with two attached hydrogens (primary N) is 1. The number of benzene rings is 1. The van der Waals surface area contributed by atoms with E-state index in [-0.39, 0.29) is 17.7 Å². The molecule has 2 amide bonds. The van der Waals surface area contributed by atoms with E-state index in [4.69, 9.17) is 5.73 Å². The Labute approximate surface area is 119 Å². The number of anilines is 1. The minimum absolute atomic E-state index is 0.184. The predicted octanol–water partition coefficient (Wildman–Crippen LogP) is 2.57. The summed E-state index contributed by atoms with van der Waals surface area (Å²) in [5, 5.41) is 0. The van der Waals surface area contributed by atoms with E-state index in [1.807, 2.05) is 36.1 Å². The van der Waals surface area contributed by atoms with Crippen LogP contribution < -0.4 is 10.6 Å². The molecule has 0 saturated carbocycles. The van der Waals surface area contributed by atoms with Gasteiger partial charge in [0.25, 0.3) is 0 Å². The molecule has 0 bridgehead atoms. The fourth-order valence-corrected chi connectivity index (χ4v) is 2.73. The summed E-state index contributed by atoms with van der Waals surface area (Å²) in [6.07, 6.45) is 4.33. The lowest BCUT2D eigenvalue weighted by molar-refractivity contribution is -0.120. The number of carbonyl (C=O) groups excluding carboxylic acids is 2. The van der Waals surface area contributed by atoms with Gasteiger partial charge in [-0.3, -0.25) is 9.59 Å². The van der Waals surface area contributed by atoms with Crippen LogP contribution in [0.15, 0.2) is 24.3 Å². The normalized spacial score (nSPS) is 17.1. The summed E-state index contributed by atoms with van der Waals surface area (Å²) in [5.74, 6) is -0.330. The minimum Gasteiger partial charge on any atom is -0.369 e. The second-order valence-corrected chi connectivity index (χ2v) is 5.34. The molecular weight excluding hydrogens is 252 g/mol. The van der Waals surface area contributed by atoms with Crippen molar-refractivity contribution in [2.45, 2.75) is 44.9 Å². The molecule has 20 heavy (non-hydrogen) atoms. The van der Waals surface area contributed by atoms with Crippen LogP contribution >= 0.6 is 0 Å². The van der Waals surface area contributed by atoms with Gasteiger partial charge in [0.1, 0.15) is 0 Å². The van der Waals surface area contributed by atoms with Crippen LogP contribution in [0.5, 0.6) is 0 Å². The summed E-state index contributed by atoms with van der Waals surface area (Å²) < 4.78 is 0. The maximum Gasteiger partial charge on any atom is 0.226 e. The molecule has 0 spiro atoms. The molecule has 1 fully saturated rings. The predicted molar refractivity (Wildman–Crippen MR) is 79.5 cm³/mol. The van der Waals surface area contributed by atoms with E-state index in [1.54, 1.807) is 0 Å². The van der Waals surface area contributed by atoms with Crippen LogP contribution in [0.25, 0.3) is 0 Å². The first kappa shape index (κ1) is 14.6. The van der Waals surface area contributed by atoms with Crippen LogP contribution in [0.4, 0.5) is 5.69 Å². The monoisotopic (exact) mass is 274 g/mol. The molecule has 1 heterocycles. The molecule has 2 rings (SSSR count). The van der Waals surface area contributed by atoms with Crippen molar-refractivity contribution in [3.8, 4) is 0 Å². The highest BCUT2D eigenvalue weighted by molar-refractivity contribution is 5.94. The number of hydrogen-bond acceptors (Lipinski definition) is 2. The zero-order valence-electron chi connectivity index (χ0n) is 12.0. The molecule has 1 aliphatic rings. The second-order valence-electron chi connectivity index (χ2n) is 5.34. The van der Waals surface area contributed by atoms with Crippen molar-refractivity contribution < 1.29 is 9.59 Å². The van der Waals surface area contributed by atoms with Crippen LogP contribution in [-0.2, 0) is 9.59 Å². The van der Waals surface area contributed by atoms with Gasteiger partial charge < -0.3 is 10.6 Å². The van der Waals surface area contributed by atoms with E-state index in [2.05, 4.69) is 0 Å². The quantitative estimate of drug-likeness (QED) is 0.897. The molecule has 0 aromatic heterocycles. The maximum atomic E-state index is 11.9. The van der Waals surface area contributed by atoms with E-state index in [0.29, 0.717) is 6.42 Å². The summed E-state index contributed by atoms with van der Waals surface area (Å²) in [5.41, 5.74) is 7.31. The highest BCUT2D eigenvalue weighted by Gasteiger charge is 2.21. The zero-order valence-corrected chi connectivity index (χ0v) is 12.0. The summed E-state index contributed by atoms with van der Waals surface area (Å²) in [6, 6.07) is 7.68. The van der Waals surface area contributed by atoms with Crippen molar-refractivity contribution in [2.24, 2.45) is 5.73 Å². The first-order chi connectivity index (χ1) is 9.63. The van der Waals surface area contributed by atoms with E-state index >= 15 is 0 Å². The number of carbonyl (C=O) groups is 2. The molecule has 0 aliphatic carbocycles. The molecule has 1 aromatic rings. The van der Waals surface area contributed by atoms with Gasteiger partial charge in [0.05, 0.1) is 5.92 Å². The Morgan fingerprint density at radius 2 is 2.00 bits per heavy atom. The van der Waals surface area contributed by atoms with E-state index in [0.717, 1.165) is 43.5 Å². The van der Waals surface area contributed by atoms with Crippen molar-refractivity contribution >= 4 is 17.5 Å². The van der Waals surface area contributed by atoms with E-state index in [1.165, 1.54) is 0 Å². The SMILES string of the molecule is CCCC(C(N)=O)c1ccc(N2CCCCC2=O)cc1. The molecule has 4 heteroatoms. The lowest BCUT2D eigenvalue weighted by Gasteiger charge is -2.27. The van der Waals surface area contributed by atoms with Crippen LogP contribution in [0.2, 0.25) is 0 Å². The largest absolute Gasteiger partial charge is 0.369 e. The molecule has 4 nitrogen and oxygen atoms in total. The van der Waals surface area contributed by atoms with Crippen LogP contribution in [0.1, 0.15) is 50.5 Å². The van der Waals surface area contributed by atoms with Crippen LogP contribution in [0, 0.1) is 0 Å². The fourth-order valence-electron chi connectivity index (χ4n) is 2.73. The van der Waals surface area contributed by atoms with Crippen LogP contribution in [0.3, 0.4) is 0 Å². The lowest BCUT2D eigenvalue weighted by Crippen LogP contribution is -2.35. The Hall–Kier alpha value is -1.84. The molecular formula is C16H22N2O2. The lowest BCUT2D eigenvalue weighted by atomic mass is 9.93. The molecule has 1 aromatic carbocycles. The number of amides is 2. The Balaban J connectivity index is 2.16. The number of primary amides is 1. The molecule has 108 valence electrons. The van der Waals surface area contributed by atoms with Gasteiger partial charge in [-0.15, -0.1) is 0 Å². The van der Waals surface area contributed by atoms with E-state index in [9.17, 15) is 9.59 Å². The van der Waals surface area contributed by atoms with Crippen molar-refractivity contribution in [2.75, 3.05) is 11.4 Å². The van der Waals surface area contributed by atoms with Gasteiger partial charge in [-0.2, -0.15) is 0 Å². The van der Waals surface area contributed by atoms with Gasteiger partial charge >= 0.3 is 0 Å². The van der Waals surface area contributed by atoms with Gasteiger partial charge in [0.15, 0.2) is 0 Å². The molecule has 1 unspecified atom stereocenters. The Bertz CT molecular complexity index is 459. The maximum absolute atomic E-state index is 11.9. The number of piperidine rings is 1. The Kier molecular flexibility index (Phi) is 4.77. The van der Waals surface area contributed by atoms with Crippen molar-refractivity contribution in [3.05, 3.63) is 29.8 Å². The molecule has 2 N–H and O–H groups in total. The topological polar surface area (TPSA) is 63.4 Å². The highest BCUT2D eigenvalue weighted by Crippen LogP contribution is 2.26. The van der Waals surface area contributed by atoms with E-state index < -0.39 is 0 Å². The molecule has 1 saturated heterocycles. The standard InChI is InChI=1S/C16H22N2O2/c1-2-5-14(16(17)20)12-7-9-13(10-8-12)18-11-4-3-6-15(18)19/h7-10,14H,2-6,11H2,1H3,(H2,17,20). The van der Waals surface area contributed by atoms with Crippen molar-refractivity contribution in [1.29, 1.82) is 0 Å². The smallest absolute Gasteiger partial charge is 0.226 e. The van der Waals surface area contributed by atoms with Crippen molar-refractivity contribution in [3.63, 3.8) is 0 Å². The summed E-state index contributed by atoms with van der Waals surface area (Å²) in [7, 11) is 0. The van der Waals surface area contributed by atoms with Crippen LogP contribution in [-0.4, -0.2) is 18.4 Å². The summed E-state index contributed by atoms with van der Waals surface area (Å²) in [4.78, 5) is 25.2. The van der Waals surface area contributed by atoms with Gasteiger partial charge in [-0.05, 0) is 37.0 Å².